The van der Waals surface area contributed by atoms with Crippen LogP contribution < -0.4 is 10.6 Å². The molecule has 2 N–H and O–H groups in total. The molecule has 0 heterocycles. The molecule has 1 amide bonds. The summed E-state index contributed by atoms with van der Waals surface area (Å²) in [5.41, 5.74) is 0.289. The van der Waals surface area contributed by atoms with Crippen molar-refractivity contribution in [3.05, 3.63) is 35.4 Å². The van der Waals surface area contributed by atoms with Gasteiger partial charge >= 0.3 is 0 Å². The average molecular weight is 254 g/mol. The van der Waals surface area contributed by atoms with Crippen LogP contribution in [0.2, 0.25) is 0 Å². The summed E-state index contributed by atoms with van der Waals surface area (Å²) in [4.78, 5) is 11.8. The van der Waals surface area contributed by atoms with Crippen LogP contribution >= 0.6 is 0 Å². The van der Waals surface area contributed by atoms with Crippen LogP contribution in [-0.2, 0) is 0 Å². The summed E-state index contributed by atoms with van der Waals surface area (Å²) in [6.45, 7) is 1.41. The van der Waals surface area contributed by atoms with Crippen molar-refractivity contribution in [1.29, 1.82) is 0 Å². The Labute approximate surface area is 105 Å². The number of benzene rings is 1. The van der Waals surface area contributed by atoms with Crippen LogP contribution in [0.4, 0.5) is 8.78 Å². The highest BCUT2D eigenvalue weighted by atomic mass is 19.2. The Bertz CT molecular complexity index is 458. The fourth-order valence-electron chi connectivity index (χ4n) is 1.98. The van der Waals surface area contributed by atoms with E-state index >= 15 is 0 Å². The summed E-state index contributed by atoms with van der Waals surface area (Å²) in [5.74, 6) is -2.31. The van der Waals surface area contributed by atoms with E-state index in [1.807, 2.05) is 7.05 Å². The van der Waals surface area contributed by atoms with E-state index in [-0.39, 0.29) is 16.9 Å². The molecule has 1 aromatic carbocycles. The van der Waals surface area contributed by atoms with Gasteiger partial charge in [-0.2, -0.15) is 0 Å². The molecule has 0 atom stereocenters. The zero-order valence-corrected chi connectivity index (χ0v) is 10.2. The average Bonchev–Trinajstić information content (AvgIpc) is 3.11. The molecule has 3 nitrogen and oxygen atoms in total. The minimum Gasteiger partial charge on any atom is -0.351 e. The predicted octanol–water partition coefficient (Wildman–Crippen LogP) is 1.69. The van der Waals surface area contributed by atoms with Crippen molar-refractivity contribution in [3.63, 3.8) is 0 Å². The van der Waals surface area contributed by atoms with Gasteiger partial charge in [-0.25, -0.2) is 8.78 Å². The Kier molecular flexibility index (Phi) is 3.61. The van der Waals surface area contributed by atoms with E-state index in [4.69, 9.17) is 0 Å². The van der Waals surface area contributed by atoms with E-state index in [9.17, 15) is 13.6 Å². The van der Waals surface area contributed by atoms with Gasteiger partial charge in [0, 0.05) is 24.1 Å². The molecule has 1 aliphatic rings. The molecule has 0 unspecified atom stereocenters. The third-order valence-electron chi connectivity index (χ3n) is 3.31. The lowest BCUT2D eigenvalue weighted by Crippen LogP contribution is -2.34. The number of carbonyl (C=O) groups is 1. The lowest BCUT2D eigenvalue weighted by Gasteiger charge is -2.15. The number of rotatable bonds is 5. The second kappa shape index (κ2) is 5.02. The third kappa shape index (κ3) is 2.85. The molecule has 18 heavy (non-hydrogen) atoms. The highest BCUT2D eigenvalue weighted by molar-refractivity contribution is 5.94. The Morgan fingerprint density at radius 3 is 2.56 bits per heavy atom. The summed E-state index contributed by atoms with van der Waals surface area (Å²) in [6.07, 6.45) is 2.15. The largest absolute Gasteiger partial charge is 0.351 e. The van der Waals surface area contributed by atoms with Crippen LogP contribution in [0.1, 0.15) is 23.2 Å². The smallest absolute Gasteiger partial charge is 0.251 e. The lowest BCUT2D eigenvalue weighted by molar-refractivity contribution is 0.0944. The number of carbonyl (C=O) groups excluding carboxylic acids is 1. The van der Waals surface area contributed by atoms with Gasteiger partial charge in [-0.15, -0.1) is 0 Å². The van der Waals surface area contributed by atoms with Crippen molar-refractivity contribution in [2.24, 2.45) is 5.41 Å². The standard InChI is InChI=1S/C13H16F2N2O/c1-16-7-13(4-5-13)8-17-12(18)9-2-3-10(14)11(15)6-9/h2-3,6,16H,4-5,7-8H2,1H3,(H,17,18). The zero-order valence-electron chi connectivity index (χ0n) is 10.2. The SMILES string of the molecule is CNCC1(CNC(=O)c2ccc(F)c(F)c2)CC1. The normalized spacial score (nSPS) is 16.4. The summed E-state index contributed by atoms with van der Waals surface area (Å²) in [5, 5.41) is 5.85. The van der Waals surface area contributed by atoms with Crippen LogP contribution in [0.25, 0.3) is 0 Å². The molecule has 98 valence electrons. The molecular formula is C13H16F2N2O. The van der Waals surface area contributed by atoms with E-state index in [2.05, 4.69) is 10.6 Å². The first kappa shape index (κ1) is 13.0. The minimum absolute atomic E-state index is 0.142. The van der Waals surface area contributed by atoms with Gasteiger partial charge in [0.15, 0.2) is 11.6 Å². The molecule has 1 aliphatic carbocycles. The summed E-state index contributed by atoms with van der Waals surface area (Å²) >= 11 is 0. The molecular weight excluding hydrogens is 238 g/mol. The maximum atomic E-state index is 13.0. The van der Waals surface area contributed by atoms with Gasteiger partial charge in [-0.3, -0.25) is 4.79 Å². The fourth-order valence-corrected chi connectivity index (χ4v) is 1.98. The molecule has 0 bridgehead atoms. The van der Waals surface area contributed by atoms with E-state index < -0.39 is 11.6 Å². The van der Waals surface area contributed by atoms with Crippen molar-refractivity contribution in [2.75, 3.05) is 20.1 Å². The number of hydrogen-bond donors (Lipinski definition) is 2. The Balaban J connectivity index is 1.93. The molecule has 0 saturated heterocycles. The third-order valence-corrected chi connectivity index (χ3v) is 3.31. The molecule has 1 saturated carbocycles. The van der Waals surface area contributed by atoms with Gasteiger partial charge in [-0.05, 0) is 38.1 Å². The molecule has 0 aliphatic heterocycles. The van der Waals surface area contributed by atoms with Crippen molar-refractivity contribution in [1.82, 2.24) is 10.6 Å². The van der Waals surface area contributed by atoms with Crippen LogP contribution in [0.5, 0.6) is 0 Å². The molecule has 0 spiro atoms. The predicted molar refractivity (Wildman–Crippen MR) is 64.3 cm³/mol. The van der Waals surface area contributed by atoms with Gasteiger partial charge < -0.3 is 10.6 Å². The number of amides is 1. The Hall–Kier alpha value is -1.49. The van der Waals surface area contributed by atoms with Crippen LogP contribution in [0.15, 0.2) is 18.2 Å². The van der Waals surface area contributed by atoms with Gasteiger partial charge in [0.25, 0.3) is 5.91 Å². The number of nitrogens with one attached hydrogen (secondary N) is 2. The van der Waals surface area contributed by atoms with E-state index in [1.165, 1.54) is 6.07 Å². The summed E-state index contributed by atoms with van der Waals surface area (Å²) < 4.78 is 25.7. The van der Waals surface area contributed by atoms with Crippen molar-refractivity contribution < 1.29 is 13.6 Å². The van der Waals surface area contributed by atoms with Crippen LogP contribution in [0.3, 0.4) is 0 Å². The fraction of sp³-hybridized carbons (Fsp3) is 0.462. The van der Waals surface area contributed by atoms with Crippen LogP contribution in [-0.4, -0.2) is 26.0 Å². The Morgan fingerprint density at radius 2 is 2.00 bits per heavy atom. The van der Waals surface area contributed by atoms with E-state index in [1.54, 1.807) is 0 Å². The summed E-state index contributed by atoms with van der Waals surface area (Å²) in [6, 6.07) is 3.17. The van der Waals surface area contributed by atoms with Gasteiger partial charge in [0.1, 0.15) is 0 Å². The van der Waals surface area contributed by atoms with Crippen molar-refractivity contribution >= 4 is 5.91 Å². The topological polar surface area (TPSA) is 41.1 Å². The molecule has 5 heteroatoms. The van der Waals surface area contributed by atoms with Gasteiger partial charge in [-0.1, -0.05) is 0 Å². The van der Waals surface area contributed by atoms with Crippen molar-refractivity contribution in [3.8, 4) is 0 Å². The molecule has 0 aromatic heterocycles. The van der Waals surface area contributed by atoms with E-state index in [0.29, 0.717) is 6.54 Å². The maximum Gasteiger partial charge on any atom is 0.251 e. The summed E-state index contributed by atoms with van der Waals surface area (Å²) in [7, 11) is 1.87. The minimum atomic E-state index is -1.00. The van der Waals surface area contributed by atoms with Crippen molar-refractivity contribution in [2.45, 2.75) is 12.8 Å². The lowest BCUT2D eigenvalue weighted by atomic mass is 10.1. The monoisotopic (exact) mass is 254 g/mol. The molecule has 1 aromatic rings. The highest BCUT2D eigenvalue weighted by Crippen LogP contribution is 2.44. The maximum absolute atomic E-state index is 13.0. The Morgan fingerprint density at radius 1 is 1.28 bits per heavy atom. The van der Waals surface area contributed by atoms with Crippen LogP contribution in [0, 0.1) is 17.0 Å². The first-order valence-electron chi connectivity index (χ1n) is 5.94. The number of halogens is 2. The van der Waals surface area contributed by atoms with Gasteiger partial charge in [0.2, 0.25) is 0 Å². The van der Waals surface area contributed by atoms with E-state index in [0.717, 1.165) is 31.5 Å². The first-order chi connectivity index (χ1) is 8.56. The highest BCUT2D eigenvalue weighted by Gasteiger charge is 2.41. The number of hydrogen-bond acceptors (Lipinski definition) is 2. The molecule has 1 fully saturated rings. The molecule has 2 rings (SSSR count). The second-order valence-corrected chi connectivity index (χ2v) is 4.84. The van der Waals surface area contributed by atoms with Gasteiger partial charge in [0.05, 0.1) is 0 Å². The quantitative estimate of drug-likeness (QED) is 0.839. The molecule has 0 radical (unpaired) electrons. The second-order valence-electron chi connectivity index (χ2n) is 4.84. The first-order valence-corrected chi connectivity index (χ1v) is 5.94. The zero-order chi connectivity index (χ0) is 13.2.